The van der Waals surface area contributed by atoms with Gasteiger partial charge in [-0.3, -0.25) is 15.1 Å². The van der Waals surface area contributed by atoms with Crippen LogP contribution in [0.2, 0.25) is 0 Å². The monoisotopic (exact) mass is 342 g/mol. The second-order valence-electron chi connectivity index (χ2n) is 5.45. The quantitative estimate of drug-likeness (QED) is 0.378. The lowest BCUT2D eigenvalue weighted by Crippen LogP contribution is -2.38. The molecule has 0 aliphatic rings. The largest absolute Gasteiger partial charge is 0.496 e. The van der Waals surface area contributed by atoms with Crippen molar-refractivity contribution in [2.24, 2.45) is 4.99 Å². The topological polar surface area (TPSA) is 80.0 Å². The number of nitrogens with zero attached hydrogens (tertiary/aromatic N) is 3. The van der Waals surface area contributed by atoms with Gasteiger partial charge in [-0.1, -0.05) is 36.4 Å². The van der Waals surface area contributed by atoms with Gasteiger partial charge in [-0.15, -0.1) is 0 Å². The summed E-state index contributed by atoms with van der Waals surface area (Å²) in [6.07, 6.45) is 0. The lowest BCUT2D eigenvalue weighted by atomic mass is 10.2. The molecular formula is C18H22N4O3. The molecule has 0 bridgehead atoms. The summed E-state index contributed by atoms with van der Waals surface area (Å²) in [5, 5.41) is 14.3. The van der Waals surface area contributed by atoms with E-state index in [2.05, 4.69) is 10.3 Å². The average Bonchev–Trinajstić information content (AvgIpc) is 2.63. The van der Waals surface area contributed by atoms with E-state index in [-0.39, 0.29) is 10.6 Å². The molecule has 0 heterocycles. The van der Waals surface area contributed by atoms with Crippen LogP contribution in [0.5, 0.6) is 5.75 Å². The van der Waals surface area contributed by atoms with Crippen molar-refractivity contribution in [2.75, 3.05) is 21.2 Å². The van der Waals surface area contributed by atoms with Crippen molar-refractivity contribution >= 4 is 11.6 Å². The number of nitro benzene ring substituents is 1. The van der Waals surface area contributed by atoms with Crippen molar-refractivity contribution < 1.29 is 9.66 Å². The second-order valence-corrected chi connectivity index (χ2v) is 5.45. The zero-order valence-corrected chi connectivity index (χ0v) is 14.6. The van der Waals surface area contributed by atoms with Crippen LogP contribution in [0, 0.1) is 10.1 Å². The first kappa shape index (κ1) is 18.3. The SMILES string of the molecule is CN=C(NCc1ccccc1[N+](=O)[O-])N(C)Cc1ccccc1OC. The zero-order valence-electron chi connectivity index (χ0n) is 14.6. The molecule has 0 unspecified atom stereocenters. The van der Waals surface area contributed by atoms with Crippen LogP contribution < -0.4 is 10.1 Å². The minimum absolute atomic E-state index is 0.0952. The summed E-state index contributed by atoms with van der Waals surface area (Å²) < 4.78 is 5.37. The number of rotatable bonds is 6. The third-order valence-electron chi connectivity index (χ3n) is 3.80. The molecule has 0 amide bonds. The molecule has 1 N–H and O–H groups in total. The van der Waals surface area contributed by atoms with Gasteiger partial charge in [0, 0.05) is 44.4 Å². The van der Waals surface area contributed by atoms with Gasteiger partial charge in [0.15, 0.2) is 5.96 Å². The first-order valence-electron chi connectivity index (χ1n) is 7.82. The normalized spacial score (nSPS) is 11.1. The number of methoxy groups -OCH3 is 1. The highest BCUT2D eigenvalue weighted by Gasteiger charge is 2.14. The van der Waals surface area contributed by atoms with Gasteiger partial charge >= 0.3 is 0 Å². The molecule has 2 aromatic carbocycles. The molecular weight excluding hydrogens is 320 g/mol. The Kier molecular flexibility index (Phi) is 6.33. The smallest absolute Gasteiger partial charge is 0.274 e. The van der Waals surface area contributed by atoms with Crippen LogP contribution in [0.15, 0.2) is 53.5 Å². The summed E-state index contributed by atoms with van der Waals surface area (Å²) in [5.41, 5.74) is 1.73. The van der Waals surface area contributed by atoms with Crippen molar-refractivity contribution in [3.8, 4) is 5.75 Å². The Morgan fingerprint density at radius 2 is 1.84 bits per heavy atom. The predicted molar refractivity (Wildman–Crippen MR) is 97.8 cm³/mol. The number of ether oxygens (including phenoxy) is 1. The fourth-order valence-corrected chi connectivity index (χ4v) is 2.56. The van der Waals surface area contributed by atoms with E-state index in [1.54, 1.807) is 32.4 Å². The Balaban J connectivity index is 2.06. The first-order valence-corrected chi connectivity index (χ1v) is 7.82. The van der Waals surface area contributed by atoms with E-state index in [1.807, 2.05) is 36.2 Å². The van der Waals surface area contributed by atoms with Crippen LogP contribution in [0.4, 0.5) is 5.69 Å². The molecule has 2 aromatic rings. The van der Waals surface area contributed by atoms with Crippen LogP contribution in [-0.2, 0) is 13.1 Å². The van der Waals surface area contributed by atoms with Crippen LogP contribution in [0.1, 0.15) is 11.1 Å². The summed E-state index contributed by atoms with van der Waals surface area (Å²) >= 11 is 0. The maximum atomic E-state index is 11.1. The number of aliphatic imine (C=N–C) groups is 1. The maximum absolute atomic E-state index is 11.1. The van der Waals surface area contributed by atoms with Gasteiger partial charge in [-0.05, 0) is 6.07 Å². The van der Waals surface area contributed by atoms with E-state index in [0.29, 0.717) is 24.6 Å². The Morgan fingerprint density at radius 3 is 2.48 bits per heavy atom. The summed E-state index contributed by atoms with van der Waals surface area (Å²) in [4.78, 5) is 16.9. The van der Waals surface area contributed by atoms with Crippen molar-refractivity contribution in [1.82, 2.24) is 10.2 Å². The Morgan fingerprint density at radius 1 is 1.20 bits per heavy atom. The maximum Gasteiger partial charge on any atom is 0.274 e. The van der Waals surface area contributed by atoms with Crippen LogP contribution in [-0.4, -0.2) is 37.0 Å². The van der Waals surface area contributed by atoms with Crippen LogP contribution in [0.3, 0.4) is 0 Å². The molecule has 2 rings (SSSR count). The molecule has 0 saturated heterocycles. The molecule has 0 aliphatic carbocycles. The fourth-order valence-electron chi connectivity index (χ4n) is 2.56. The number of benzene rings is 2. The average molecular weight is 342 g/mol. The molecule has 0 radical (unpaired) electrons. The summed E-state index contributed by atoms with van der Waals surface area (Å²) in [7, 11) is 5.22. The Labute approximate surface area is 147 Å². The minimum atomic E-state index is -0.377. The molecule has 7 heteroatoms. The second kappa shape index (κ2) is 8.68. The lowest BCUT2D eigenvalue weighted by molar-refractivity contribution is -0.385. The molecule has 25 heavy (non-hydrogen) atoms. The summed E-state index contributed by atoms with van der Waals surface area (Å²) in [6.45, 7) is 0.917. The van der Waals surface area contributed by atoms with Gasteiger partial charge in [0.2, 0.25) is 0 Å². The standard InChI is InChI=1S/C18H22N4O3/c1-19-18(20-12-14-8-4-6-10-16(14)22(23)24)21(2)13-15-9-5-7-11-17(15)25-3/h4-11H,12-13H2,1-3H3,(H,19,20). The summed E-state index contributed by atoms with van der Waals surface area (Å²) in [6, 6.07) is 14.4. The van der Waals surface area contributed by atoms with Gasteiger partial charge in [-0.25, -0.2) is 0 Å². The van der Waals surface area contributed by atoms with Crippen LogP contribution in [0.25, 0.3) is 0 Å². The third-order valence-corrected chi connectivity index (χ3v) is 3.80. The molecule has 0 aliphatic heterocycles. The van der Waals surface area contributed by atoms with E-state index < -0.39 is 0 Å². The Bertz CT molecular complexity index is 761. The Hall–Kier alpha value is -3.09. The molecule has 0 saturated carbocycles. The summed E-state index contributed by atoms with van der Waals surface area (Å²) in [5.74, 6) is 1.45. The zero-order chi connectivity index (χ0) is 18.2. The molecule has 132 valence electrons. The number of guanidine groups is 1. The van der Waals surface area contributed by atoms with Crippen molar-refractivity contribution in [3.63, 3.8) is 0 Å². The molecule has 0 fully saturated rings. The fraction of sp³-hybridized carbons (Fsp3) is 0.278. The molecule has 0 spiro atoms. The predicted octanol–water partition coefficient (Wildman–Crippen LogP) is 2.81. The van der Waals surface area contributed by atoms with Crippen molar-refractivity contribution in [1.29, 1.82) is 0 Å². The van der Waals surface area contributed by atoms with Gasteiger partial charge in [0.25, 0.3) is 5.69 Å². The van der Waals surface area contributed by atoms with Crippen LogP contribution >= 0.6 is 0 Å². The number of para-hydroxylation sites is 2. The highest BCUT2D eigenvalue weighted by molar-refractivity contribution is 5.79. The van der Waals surface area contributed by atoms with Gasteiger partial charge in [0.05, 0.1) is 12.0 Å². The third kappa shape index (κ3) is 4.69. The molecule has 0 atom stereocenters. The number of hydrogen-bond donors (Lipinski definition) is 1. The highest BCUT2D eigenvalue weighted by Crippen LogP contribution is 2.19. The van der Waals surface area contributed by atoms with E-state index in [1.165, 1.54) is 6.07 Å². The van der Waals surface area contributed by atoms with Crippen molar-refractivity contribution in [2.45, 2.75) is 13.1 Å². The lowest BCUT2D eigenvalue weighted by Gasteiger charge is -2.23. The van der Waals surface area contributed by atoms with Gasteiger partial charge in [0.1, 0.15) is 5.75 Å². The molecule has 7 nitrogen and oxygen atoms in total. The number of nitrogens with one attached hydrogen (secondary N) is 1. The van der Waals surface area contributed by atoms with Gasteiger partial charge < -0.3 is 15.0 Å². The van der Waals surface area contributed by atoms with E-state index >= 15 is 0 Å². The van der Waals surface area contributed by atoms with Crippen molar-refractivity contribution in [3.05, 3.63) is 69.8 Å². The minimum Gasteiger partial charge on any atom is -0.496 e. The number of nitro groups is 1. The van der Waals surface area contributed by atoms with E-state index in [9.17, 15) is 10.1 Å². The molecule has 0 aromatic heterocycles. The first-order chi connectivity index (χ1) is 12.1. The van der Waals surface area contributed by atoms with E-state index in [4.69, 9.17) is 4.74 Å². The highest BCUT2D eigenvalue weighted by atomic mass is 16.6. The van der Waals surface area contributed by atoms with Gasteiger partial charge in [-0.2, -0.15) is 0 Å². The van der Waals surface area contributed by atoms with E-state index in [0.717, 1.165) is 11.3 Å². The number of hydrogen-bond acceptors (Lipinski definition) is 4.